The summed E-state index contributed by atoms with van der Waals surface area (Å²) in [5, 5.41) is 5.32. The third-order valence-electron chi connectivity index (χ3n) is 2.26. The van der Waals surface area contributed by atoms with Crippen LogP contribution in [-0.2, 0) is 9.59 Å². The fraction of sp³-hybridized carbons (Fsp3) is 0.600. The predicted octanol–water partition coefficient (Wildman–Crippen LogP) is -0.207. The number of nitrogens with one attached hydrogen (secondary N) is 2. The van der Waals surface area contributed by atoms with Gasteiger partial charge < -0.3 is 5.32 Å². The molecule has 76 valence electrons. The maximum absolute atomic E-state index is 11.2. The van der Waals surface area contributed by atoms with Crippen molar-refractivity contribution in [2.75, 3.05) is 0 Å². The average molecular weight is 194 g/mol. The van der Waals surface area contributed by atoms with Crippen molar-refractivity contribution in [2.45, 2.75) is 38.3 Å². The second-order valence-corrected chi connectivity index (χ2v) is 3.35. The molecule has 0 aromatic carbocycles. The van der Waals surface area contributed by atoms with Crippen molar-refractivity contribution in [1.29, 1.82) is 0 Å². The van der Waals surface area contributed by atoms with E-state index < -0.39 is 6.04 Å². The highest BCUT2D eigenvalue weighted by Gasteiger charge is 2.31. The lowest BCUT2D eigenvalue weighted by atomic mass is 10.1. The van der Waals surface area contributed by atoms with Crippen molar-refractivity contribution in [2.24, 2.45) is 0 Å². The van der Waals surface area contributed by atoms with E-state index in [0.29, 0.717) is 6.42 Å². The van der Waals surface area contributed by atoms with Crippen molar-refractivity contribution in [3.8, 4) is 12.3 Å². The largest absolute Gasteiger partial charge is 0.302 e. The van der Waals surface area contributed by atoms with Gasteiger partial charge in [0.1, 0.15) is 0 Å². The molecule has 0 aromatic heterocycles. The molecule has 2 atom stereocenters. The molecule has 1 aliphatic heterocycles. The molecule has 1 heterocycles. The van der Waals surface area contributed by atoms with Crippen LogP contribution in [0.15, 0.2) is 0 Å². The van der Waals surface area contributed by atoms with Gasteiger partial charge in [0.05, 0.1) is 12.5 Å². The molecule has 1 saturated heterocycles. The number of amides is 2. The van der Waals surface area contributed by atoms with Crippen LogP contribution in [0, 0.1) is 12.3 Å². The van der Waals surface area contributed by atoms with Gasteiger partial charge in [0, 0.05) is 12.5 Å². The normalized spacial score (nSPS) is 23.0. The van der Waals surface area contributed by atoms with Gasteiger partial charge in [0.25, 0.3) is 0 Å². The summed E-state index contributed by atoms with van der Waals surface area (Å²) in [6, 6.07) is -0.289. The molecule has 1 fully saturated rings. The predicted molar refractivity (Wildman–Crippen MR) is 52.2 cm³/mol. The van der Waals surface area contributed by atoms with E-state index in [9.17, 15) is 9.59 Å². The summed E-state index contributed by atoms with van der Waals surface area (Å²) in [7, 11) is 0. The Bertz CT molecular complexity index is 280. The van der Waals surface area contributed by atoms with E-state index >= 15 is 0 Å². The van der Waals surface area contributed by atoms with E-state index in [4.69, 9.17) is 6.42 Å². The van der Waals surface area contributed by atoms with Crippen LogP contribution in [0.1, 0.15) is 26.2 Å². The highest BCUT2D eigenvalue weighted by molar-refractivity contribution is 6.05. The SMILES string of the molecule is C#CCC(CC)NC1CC(=O)NC1=O. The summed E-state index contributed by atoms with van der Waals surface area (Å²) in [4.78, 5) is 22.1. The van der Waals surface area contributed by atoms with Crippen LogP contribution >= 0.6 is 0 Å². The van der Waals surface area contributed by atoms with E-state index in [1.165, 1.54) is 0 Å². The van der Waals surface area contributed by atoms with Crippen molar-refractivity contribution in [3.63, 3.8) is 0 Å². The molecule has 4 heteroatoms. The molecule has 0 spiro atoms. The fourth-order valence-corrected chi connectivity index (χ4v) is 1.44. The Hall–Kier alpha value is -1.34. The maximum Gasteiger partial charge on any atom is 0.244 e. The van der Waals surface area contributed by atoms with E-state index in [1.807, 2.05) is 6.92 Å². The first-order valence-electron chi connectivity index (χ1n) is 4.70. The van der Waals surface area contributed by atoms with Gasteiger partial charge in [-0.15, -0.1) is 12.3 Å². The molecule has 0 aromatic rings. The summed E-state index contributed by atoms with van der Waals surface area (Å²) in [5.74, 6) is 2.08. The minimum absolute atomic E-state index is 0.113. The first-order chi connectivity index (χ1) is 6.67. The lowest BCUT2D eigenvalue weighted by molar-refractivity contribution is -0.125. The van der Waals surface area contributed by atoms with Gasteiger partial charge in [-0.25, -0.2) is 0 Å². The van der Waals surface area contributed by atoms with Crippen molar-refractivity contribution in [3.05, 3.63) is 0 Å². The topological polar surface area (TPSA) is 58.2 Å². The lowest BCUT2D eigenvalue weighted by Gasteiger charge is -2.17. The highest BCUT2D eigenvalue weighted by Crippen LogP contribution is 2.05. The fourth-order valence-electron chi connectivity index (χ4n) is 1.44. The molecule has 0 bridgehead atoms. The number of rotatable bonds is 4. The molecule has 2 N–H and O–H groups in total. The molecule has 1 rings (SSSR count). The second-order valence-electron chi connectivity index (χ2n) is 3.35. The van der Waals surface area contributed by atoms with Crippen LogP contribution in [-0.4, -0.2) is 23.9 Å². The molecule has 4 nitrogen and oxygen atoms in total. The quantitative estimate of drug-likeness (QED) is 0.481. The summed E-state index contributed by atoms with van der Waals surface area (Å²) in [5.41, 5.74) is 0. The minimum Gasteiger partial charge on any atom is -0.302 e. The molecule has 2 unspecified atom stereocenters. The molecule has 14 heavy (non-hydrogen) atoms. The smallest absolute Gasteiger partial charge is 0.244 e. The first-order valence-corrected chi connectivity index (χ1v) is 4.70. The van der Waals surface area contributed by atoms with Crippen molar-refractivity contribution >= 4 is 11.8 Å². The van der Waals surface area contributed by atoms with Crippen LogP contribution in [0.4, 0.5) is 0 Å². The van der Waals surface area contributed by atoms with Crippen LogP contribution in [0.3, 0.4) is 0 Å². The molecule has 0 saturated carbocycles. The van der Waals surface area contributed by atoms with Gasteiger partial charge >= 0.3 is 0 Å². The van der Waals surface area contributed by atoms with E-state index in [0.717, 1.165) is 6.42 Å². The second kappa shape index (κ2) is 4.77. The van der Waals surface area contributed by atoms with Gasteiger partial charge in [-0.1, -0.05) is 6.92 Å². The zero-order chi connectivity index (χ0) is 10.6. The zero-order valence-corrected chi connectivity index (χ0v) is 8.17. The molecule has 2 amide bonds. The highest BCUT2D eigenvalue weighted by atomic mass is 16.2. The molecule has 0 radical (unpaired) electrons. The number of carbonyl (C=O) groups is 2. The van der Waals surface area contributed by atoms with Crippen molar-refractivity contribution < 1.29 is 9.59 Å². The van der Waals surface area contributed by atoms with Gasteiger partial charge in [-0.2, -0.15) is 0 Å². The minimum atomic E-state index is -0.402. The van der Waals surface area contributed by atoms with Crippen LogP contribution in [0.25, 0.3) is 0 Å². The van der Waals surface area contributed by atoms with E-state index in [2.05, 4.69) is 16.6 Å². The summed E-state index contributed by atoms with van der Waals surface area (Å²) >= 11 is 0. The maximum atomic E-state index is 11.2. The summed E-state index contributed by atoms with van der Waals surface area (Å²) < 4.78 is 0. The number of carbonyl (C=O) groups excluding carboxylic acids is 2. The van der Waals surface area contributed by atoms with Gasteiger partial charge in [-0.3, -0.25) is 14.9 Å². The average Bonchev–Trinajstić information content (AvgIpc) is 2.44. The van der Waals surface area contributed by atoms with E-state index in [1.54, 1.807) is 0 Å². The zero-order valence-electron chi connectivity index (χ0n) is 8.17. The third kappa shape index (κ3) is 2.57. The summed E-state index contributed by atoms with van der Waals surface area (Å²) in [6.45, 7) is 1.99. The third-order valence-corrected chi connectivity index (χ3v) is 2.26. The number of terminal acetylenes is 1. The Labute approximate surface area is 83.4 Å². The molecular formula is C10H14N2O2. The van der Waals surface area contributed by atoms with Crippen LogP contribution in [0.2, 0.25) is 0 Å². The standard InChI is InChI=1S/C10H14N2O2/c1-3-5-7(4-2)11-8-6-9(13)12-10(8)14/h1,7-8,11H,4-6H2,2H3,(H,12,13,14). The van der Waals surface area contributed by atoms with Gasteiger partial charge in [-0.05, 0) is 6.42 Å². The monoisotopic (exact) mass is 194 g/mol. The van der Waals surface area contributed by atoms with Crippen LogP contribution < -0.4 is 10.6 Å². The Kier molecular flexibility index (Phi) is 3.66. The summed E-state index contributed by atoms with van der Waals surface area (Å²) in [6.07, 6.45) is 6.83. The van der Waals surface area contributed by atoms with Gasteiger partial charge in [0.15, 0.2) is 0 Å². The molecular weight excluding hydrogens is 180 g/mol. The van der Waals surface area contributed by atoms with Crippen molar-refractivity contribution in [1.82, 2.24) is 10.6 Å². The number of hydrogen-bond acceptors (Lipinski definition) is 3. The Morgan fingerprint density at radius 3 is 2.86 bits per heavy atom. The first kappa shape index (κ1) is 10.7. The number of hydrogen-bond donors (Lipinski definition) is 2. The van der Waals surface area contributed by atoms with Gasteiger partial charge in [0.2, 0.25) is 11.8 Å². The lowest BCUT2D eigenvalue weighted by Crippen LogP contribution is -2.42. The van der Waals surface area contributed by atoms with E-state index in [-0.39, 0.29) is 24.3 Å². The van der Waals surface area contributed by atoms with Crippen LogP contribution in [0.5, 0.6) is 0 Å². The molecule has 0 aliphatic carbocycles. The Morgan fingerprint density at radius 1 is 1.71 bits per heavy atom. The Morgan fingerprint density at radius 2 is 2.43 bits per heavy atom. The number of imide groups is 1. The Balaban J connectivity index is 2.47. The molecule has 1 aliphatic rings.